The van der Waals surface area contributed by atoms with Crippen molar-refractivity contribution in [2.24, 2.45) is 0 Å². The minimum atomic E-state index is -4.22. The third kappa shape index (κ3) is 5.34. The molecule has 0 saturated carbocycles. The number of ether oxygens (including phenoxy) is 2. The van der Waals surface area contributed by atoms with Crippen LogP contribution in [0.3, 0.4) is 0 Å². The quantitative estimate of drug-likeness (QED) is 0.324. The summed E-state index contributed by atoms with van der Waals surface area (Å²) in [5.74, 6) is 0.455. The number of anilines is 2. The van der Waals surface area contributed by atoms with Gasteiger partial charge in [-0.1, -0.05) is 0 Å². The Kier molecular flexibility index (Phi) is 7.15. The molecule has 35 heavy (non-hydrogen) atoms. The van der Waals surface area contributed by atoms with Gasteiger partial charge in [-0.15, -0.1) is 0 Å². The van der Waals surface area contributed by atoms with Crippen LogP contribution >= 0.6 is 0 Å². The molecule has 1 fully saturated rings. The van der Waals surface area contributed by atoms with Crippen LogP contribution in [0.2, 0.25) is 0 Å². The van der Waals surface area contributed by atoms with Crippen LogP contribution in [0, 0.1) is 12.7 Å². The molecule has 7 nitrogen and oxygen atoms in total. The number of hydrogen-bond acceptors (Lipinski definition) is 7. The first-order valence-corrected chi connectivity index (χ1v) is 11.2. The summed E-state index contributed by atoms with van der Waals surface area (Å²) in [6, 6.07) is 4.32. The molecule has 2 heterocycles. The van der Waals surface area contributed by atoms with E-state index in [1.807, 2.05) is 0 Å². The third-order valence-corrected chi connectivity index (χ3v) is 6.14. The number of halogens is 4. The van der Waals surface area contributed by atoms with Gasteiger partial charge in [0.05, 0.1) is 24.9 Å². The number of rotatable bonds is 8. The van der Waals surface area contributed by atoms with Crippen molar-refractivity contribution < 1.29 is 32.1 Å². The number of aromatic hydroxyl groups is 1. The molecule has 2 N–H and O–H groups in total. The van der Waals surface area contributed by atoms with E-state index in [9.17, 15) is 22.7 Å². The molecule has 1 atom stereocenters. The van der Waals surface area contributed by atoms with Crippen LogP contribution in [0.15, 0.2) is 30.6 Å². The van der Waals surface area contributed by atoms with E-state index in [4.69, 9.17) is 9.47 Å². The van der Waals surface area contributed by atoms with Gasteiger partial charge in [-0.2, -0.15) is 13.2 Å². The van der Waals surface area contributed by atoms with Crippen LogP contribution in [0.5, 0.6) is 17.2 Å². The molecule has 0 spiro atoms. The number of hydrogen-bond donors (Lipinski definition) is 2. The first kappa shape index (κ1) is 24.8. The molecule has 1 aliphatic heterocycles. The lowest BCUT2D eigenvalue weighted by atomic mass is 10.1. The van der Waals surface area contributed by atoms with Gasteiger partial charge in [0.1, 0.15) is 29.8 Å². The fraction of sp³-hybridized carbons (Fsp3) is 0.417. The molecule has 0 aliphatic carbocycles. The lowest BCUT2D eigenvalue weighted by molar-refractivity contribution is -0.176. The van der Waals surface area contributed by atoms with E-state index >= 15 is 0 Å². The molecule has 1 aromatic heterocycles. The molecule has 1 unspecified atom stereocenters. The predicted octanol–water partition coefficient (Wildman–Crippen LogP) is 5.33. The number of nitrogens with zero attached hydrogens (tertiary/aromatic N) is 3. The first-order chi connectivity index (χ1) is 16.7. The molecule has 2 aromatic carbocycles. The number of alkyl halides is 3. The molecule has 0 bridgehead atoms. The van der Waals surface area contributed by atoms with E-state index in [1.165, 1.54) is 24.4 Å². The van der Waals surface area contributed by atoms with E-state index in [1.54, 1.807) is 19.1 Å². The summed E-state index contributed by atoms with van der Waals surface area (Å²) in [5, 5.41) is 13.4. The normalized spacial score (nSPS) is 16.6. The minimum Gasteiger partial charge on any atom is -0.508 e. The number of phenolic OH excluding ortho intramolecular Hbond substituents is 1. The summed E-state index contributed by atoms with van der Waals surface area (Å²) in [7, 11) is 1.46. The average Bonchev–Trinajstić information content (AvgIpc) is 3.31. The largest absolute Gasteiger partial charge is 0.508 e. The van der Waals surface area contributed by atoms with Crippen molar-refractivity contribution in [3.63, 3.8) is 0 Å². The molecule has 0 amide bonds. The average molecular weight is 494 g/mol. The van der Waals surface area contributed by atoms with Gasteiger partial charge in [0.25, 0.3) is 0 Å². The standard InChI is InChI=1S/C24H26F4N4O3/c1-14-18(33)7-6-16(25)22(14)31-23-15-11-19(34-2)20(12-17(15)29-13-30-23)35-10-4-9-32-8-3-5-21(32)24(26,27)28/h6-7,11-13,21,33H,3-5,8-10H2,1-2H3,(H,29,30,31). The van der Waals surface area contributed by atoms with E-state index in [2.05, 4.69) is 15.3 Å². The second kappa shape index (κ2) is 10.1. The van der Waals surface area contributed by atoms with Crippen LogP contribution in [0.1, 0.15) is 24.8 Å². The Morgan fingerprint density at radius 3 is 2.74 bits per heavy atom. The third-order valence-electron chi connectivity index (χ3n) is 6.14. The van der Waals surface area contributed by atoms with Gasteiger partial charge in [-0.05, 0) is 50.9 Å². The van der Waals surface area contributed by atoms with Crippen LogP contribution in [-0.2, 0) is 0 Å². The molecular formula is C24H26F4N4O3. The zero-order valence-electron chi connectivity index (χ0n) is 19.3. The number of likely N-dealkylation sites (tertiary alicyclic amines) is 1. The number of methoxy groups -OCH3 is 1. The minimum absolute atomic E-state index is 0.0592. The maximum Gasteiger partial charge on any atom is 0.404 e. The summed E-state index contributed by atoms with van der Waals surface area (Å²) >= 11 is 0. The Balaban J connectivity index is 1.49. The van der Waals surface area contributed by atoms with E-state index in [0.29, 0.717) is 53.2 Å². The highest BCUT2D eigenvalue weighted by Gasteiger charge is 2.45. The van der Waals surface area contributed by atoms with Crippen molar-refractivity contribution in [3.05, 3.63) is 42.0 Å². The predicted molar refractivity (Wildman–Crippen MR) is 123 cm³/mol. The maximum absolute atomic E-state index is 14.4. The van der Waals surface area contributed by atoms with Crippen molar-refractivity contribution in [2.75, 3.05) is 32.1 Å². The van der Waals surface area contributed by atoms with Crippen LogP contribution in [-0.4, -0.2) is 59.0 Å². The molecule has 0 radical (unpaired) electrons. The number of benzene rings is 2. The van der Waals surface area contributed by atoms with Gasteiger partial charge in [0.2, 0.25) is 0 Å². The van der Waals surface area contributed by atoms with Gasteiger partial charge in [-0.25, -0.2) is 14.4 Å². The second-order valence-electron chi connectivity index (χ2n) is 8.37. The smallest absolute Gasteiger partial charge is 0.404 e. The van der Waals surface area contributed by atoms with Crippen LogP contribution in [0.25, 0.3) is 10.9 Å². The Hall–Kier alpha value is -3.34. The SMILES string of the molecule is COc1cc2c(Nc3c(F)ccc(O)c3C)ncnc2cc1OCCCN1CCCC1C(F)(F)F. The van der Waals surface area contributed by atoms with Gasteiger partial charge < -0.3 is 19.9 Å². The Morgan fingerprint density at radius 2 is 2.00 bits per heavy atom. The number of nitrogens with one attached hydrogen (secondary N) is 1. The van der Waals surface area contributed by atoms with E-state index < -0.39 is 18.0 Å². The second-order valence-corrected chi connectivity index (χ2v) is 8.37. The molecule has 188 valence electrons. The lowest BCUT2D eigenvalue weighted by Gasteiger charge is -2.26. The van der Waals surface area contributed by atoms with Gasteiger partial charge >= 0.3 is 6.18 Å². The van der Waals surface area contributed by atoms with Crippen LogP contribution < -0.4 is 14.8 Å². The van der Waals surface area contributed by atoms with Gasteiger partial charge in [0.15, 0.2) is 11.5 Å². The first-order valence-electron chi connectivity index (χ1n) is 11.2. The fourth-order valence-electron chi connectivity index (χ4n) is 4.29. The Bertz CT molecular complexity index is 1210. The summed E-state index contributed by atoms with van der Waals surface area (Å²) < 4.78 is 65.0. The lowest BCUT2D eigenvalue weighted by Crippen LogP contribution is -2.41. The van der Waals surface area contributed by atoms with Crippen molar-refractivity contribution in [1.82, 2.24) is 14.9 Å². The summed E-state index contributed by atoms with van der Waals surface area (Å²) in [4.78, 5) is 9.90. The van der Waals surface area contributed by atoms with Crippen molar-refractivity contribution in [3.8, 4) is 17.2 Å². The van der Waals surface area contributed by atoms with Crippen molar-refractivity contribution in [2.45, 2.75) is 38.4 Å². The van der Waals surface area contributed by atoms with E-state index in [-0.39, 0.29) is 31.0 Å². The number of phenols is 1. The Morgan fingerprint density at radius 1 is 1.20 bits per heavy atom. The monoisotopic (exact) mass is 494 g/mol. The fourth-order valence-corrected chi connectivity index (χ4v) is 4.29. The van der Waals surface area contributed by atoms with Crippen molar-refractivity contribution >= 4 is 22.4 Å². The molecule has 3 aromatic rings. The summed E-state index contributed by atoms with van der Waals surface area (Å²) in [6.07, 6.45) is -1.83. The highest BCUT2D eigenvalue weighted by atomic mass is 19.4. The maximum atomic E-state index is 14.4. The van der Waals surface area contributed by atoms with Crippen LogP contribution in [0.4, 0.5) is 29.1 Å². The highest BCUT2D eigenvalue weighted by Crippen LogP contribution is 2.37. The highest BCUT2D eigenvalue weighted by molar-refractivity contribution is 5.93. The van der Waals surface area contributed by atoms with Gasteiger partial charge in [-0.3, -0.25) is 4.90 Å². The topological polar surface area (TPSA) is 79.7 Å². The zero-order chi connectivity index (χ0) is 25.2. The number of aromatic nitrogens is 2. The van der Waals surface area contributed by atoms with Crippen molar-refractivity contribution in [1.29, 1.82) is 0 Å². The summed E-state index contributed by atoms with van der Waals surface area (Å²) in [6.45, 7) is 2.49. The molecular weight excluding hydrogens is 468 g/mol. The van der Waals surface area contributed by atoms with Gasteiger partial charge in [0, 0.05) is 23.6 Å². The molecule has 4 rings (SSSR count). The Labute approximate surface area is 199 Å². The summed E-state index contributed by atoms with van der Waals surface area (Å²) in [5.41, 5.74) is 0.908. The number of fused-ring (bicyclic) bond motifs is 1. The molecule has 1 aliphatic rings. The molecule has 1 saturated heterocycles. The van der Waals surface area contributed by atoms with E-state index in [0.717, 1.165) is 6.07 Å². The molecule has 11 heteroatoms. The zero-order valence-corrected chi connectivity index (χ0v) is 19.3.